The van der Waals surface area contributed by atoms with Crippen LogP contribution in [0.2, 0.25) is 0 Å². The van der Waals surface area contributed by atoms with E-state index >= 15 is 0 Å². The smallest absolute Gasteiger partial charge is 0.337 e. The molecule has 1 heterocycles. The normalized spacial score (nSPS) is 15.6. The third kappa shape index (κ3) is 2.86. The number of nitrogens with one attached hydrogen (secondary N) is 1. The number of hydrogen-bond donors (Lipinski definition) is 3. The van der Waals surface area contributed by atoms with E-state index in [0.717, 1.165) is 6.92 Å². The van der Waals surface area contributed by atoms with E-state index in [4.69, 9.17) is 14.6 Å². The summed E-state index contributed by atoms with van der Waals surface area (Å²) in [5.74, 6) is -0.996. The quantitative estimate of drug-likeness (QED) is 0.743. The van der Waals surface area contributed by atoms with Crippen LogP contribution < -0.4 is 14.8 Å². The summed E-state index contributed by atoms with van der Waals surface area (Å²) >= 11 is 3.25. The van der Waals surface area contributed by atoms with Crippen LogP contribution in [0.4, 0.5) is 0 Å². The first kappa shape index (κ1) is 14.6. The molecular weight excluding hydrogens is 334 g/mol. The first-order valence-corrected chi connectivity index (χ1v) is 6.43. The van der Waals surface area contributed by atoms with E-state index in [1.165, 1.54) is 12.1 Å². The fourth-order valence-corrected chi connectivity index (χ4v) is 2.09. The SMILES string of the molecule is CC(O)(CNC(=O)c1cc(Br)c2c(c1)OCO2)C(=O)O. The zero-order chi connectivity index (χ0) is 14.9. The van der Waals surface area contributed by atoms with Gasteiger partial charge in [0, 0.05) is 5.56 Å². The van der Waals surface area contributed by atoms with Crippen LogP contribution in [-0.4, -0.2) is 41.0 Å². The largest absolute Gasteiger partial charge is 0.479 e. The van der Waals surface area contributed by atoms with Crippen molar-refractivity contribution in [2.45, 2.75) is 12.5 Å². The van der Waals surface area contributed by atoms with Gasteiger partial charge in [-0.2, -0.15) is 0 Å². The van der Waals surface area contributed by atoms with Crippen LogP contribution in [0.15, 0.2) is 16.6 Å². The number of aliphatic carboxylic acids is 1. The van der Waals surface area contributed by atoms with Crippen LogP contribution in [-0.2, 0) is 4.79 Å². The number of aliphatic hydroxyl groups is 1. The highest BCUT2D eigenvalue weighted by Crippen LogP contribution is 2.39. The van der Waals surface area contributed by atoms with E-state index in [1.54, 1.807) is 0 Å². The number of hydrogen-bond acceptors (Lipinski definition) is 5. The van der Waals surface area contributed by atoms with E-state index in [-0.39, 0.29) is 12.4 Å². The van der Waals surface area contributed by atoms with Gasteiger partial charge in [-0.3, -0.25) is 4.79 Å². The molecule has 1 aliphatic heterocycles. The molecule has 20 heavy (non-hydrogen) atoms. The molecule has 0 aliphatic carbocycles. The van der Waals surface area contributed by atoms with Crippen molar-refractivity contribution in [3.05, 3.63) is 22.2 Å². The number of carbonyl (C=O) groups is 2. The van der Waals surface area contributed by atoms with Gasteiger partial charge in [0.15, 0.2) is 17.1 Å². The number of rotatable bonds is 4. The zero-order valence-corrected chi connectivity index (χ0v) is 12.1. The molecule has 0 saturated heterocycles. The number of benzene rings is 1. The van der Waals surface area contributed by atoms with Gasteiger partial charge >= 0.3 is 5.97 Å². The third-order valence-corrected chi connectivity index (χ3v) is 3.33. The molecule has 0 bridgehead atoms. The van der Waals surface area contributed by atoms with Crippen LogP contribution in [0.1, 0.15) is 17.3 Å². The van der Waals surface area contributed by atoms with Crippen LogP contribution in [0.5, 0.6) is 11.5 Å². The van der Waals surface area contributed by atoms with Gasteiger partial charge in [0.1, 0.15) is 0 Å². The lowest BCUT2D eigenvalue weighted by Crippen LogP contribution is -2.46. The highest BCUT2D eigenvalue weighted by Gasteiger charge is 2.30. The van der Waals surface area contributed by atoms with Crippen LogP contribution in [0.3, 0.4) is 0 Å². The second kappa shape index (κ2) is 5.29. The van der Waals surface area contributed by atoms with Crippen molar-refractivity contribution in [1.29, 1.82) is 0 Å². The molecule has 0 spiro atoms. The minimum Gasteiger partial charge on any atom is -0.479 e. The zero-order valence-electron chi connectivity index (χ0n) is 10.5. The van der Waals surface area contributed by atoms with Crippen LogP contribution in [0, 0.1) is 0 Å². The molecule has 2 rings (SSSR count). The summed E-state index contributed by atoms with van der Waals surface area (Å²) in [6.07, 6.45) is 0. The van der Waals surface area contributed by atoms with E-state index in [9.17, 15) is 14.7 Å². The lowest BCUT2D eigenvalue weighted by molar-refractivity contribution is -0.155. The van der Waals surface area contributed by atoms with Gasteiger partial charge in [-0.25, -0.2) is 4.79 Å². The fraction of sp³-hybridized carbons (Fsp3) is 0.333. The molecule has 0 saturated carbocycles. The number of carboxylic acids is 1. The fourth-order valence-electron chi connectivity index (χ4n) is 1.53. The maximum absolute atomic E-state index is 11.9. The number of ether oxygens (including phenoxy) is 2. The number of fused-ring (bicyclic) bond motifs is 1. The molecule has 1 amide bonds. The Morgan fingerprint density at radius 2 is 2.15 bits per heavy atom. The molecule has 1 aromatic rings. The standard InChI is InChI=1S/C12H12BrNO6/c1-12(18,11(16)17)4-14-10(15)6-2-7(13)9-8(3-6)19-5-20-9/h2-3,18H,4-5H2,1H3,(H,14,15)(H,16,17). The maximum atomic E-state index is 11.9. The average Bonchev–Trinajstić information content (AvgIpc) is 2.84. The minimum absolute atomic E-state index is 0.0761. The maximum Gasteiger partial charge on any atom is 0.337 e. The Labute approximate surface area is 122 Å². The number of amides is 1. The number of halogens is 1. The van der Waals surface area contributed by atoms with Crippen molar-refractivity contribution >= 4 is 27.8 Å². The van der Waals surface area contributed by atoms with E-state index in [2.05, 4.69) is 21.2 Å². The van der Waals surface area contributed by atoms with Crippen LogP contribution in [0.25, 0.3) is 0 Å². The molecule has 1 unspecified atom stereocenters. The first-order chi connectivity index (χ1) is 9.31. The van der Waals surface area contributed by atoms with Gasteiger partial charge in [0.05, 0.1) is 11.0 Å². The topological polar surface area (TPSA) is 105 Å². The van der Waals surface area contributed by atoms with Gasteiger partial charge in [-0.05, 0) is 35.0 Å². The molecule has 1 atom stereocenters. The van der Waals surface area contributed by atoms with E-state index in [0.29, 0.717) is 16.0 Å². The Morgan fingerprint density at radius 1 is 1.45 bits per heavy atom. The Balaban J connectivity index is 2.11. The summed E-state index contributed by atoms with van der Waals surface area (Å²) in [5, 5.41) is 20.6. The van der Waals surface area contributed by atoms with Crippen molar-refractivity contribution in [3.8, 4) is 11.5 Å². The molecular formula is C12H12BrNO6. The third-order valence-electron chi connectivity index (χ3n) is 2.74. The molecule has 108 valence electrons. The molecule has 3 N–H and O–H groups in total. The monoisotopic (exact) mass is 345 g/mol. The molecule has 0 aromatic heterocycles. The Kier molecular flexibility index (Phi) is 3.87. The molecule has 1 aliphatic rings. The van der Waals surface area contributed by atoms with Gasteiger partial charge in [-0.1, -0.05) is 0 Å². The lowest BCUT2D eigenvalue weighted by Gasteiger charge is -2.18. The molecule has 7 nitrogen and oxygen atoms in total. The molecule has 0 fully saturated rings. The second-order valence-electron chi connectivity index (χ2n) is 4.45. The molecule has 0 radical (unpaired) electrons. The summed E-state index contributed by atoms with van der Waals surface area (Å²) < 4.78 is 10.9. The highest BCUT2D eigenvalue weighted by molar-refractivity contribution is 9.10. The lowest BCUT2D eigenvalue weighted by atomic mass is 10.1. The predicted molar refractivity (Wildman–Crippen MR) is 70.9 cm³/mol. The van der Waals surface area contributed by atoms with Crippen molar-refractivity contribution < 1.29 is 29.3 Å². The van der Waals surface area contributed by atoms with E-state index < -0.39 is 24.0 Å². The van der Waals surface area contributed by atoms with Crippen molar-refractivity contribution in [1.82, 2.24) is 5.32 Å². The van der Waals surface area contributed by atoms with Crippen molar-refractivity contribution in [2.75, 3.05) is 13.3 Å². The van der Waals surface area contributed by atoms with Gasteiger partial charge < -0.3 is 25.0 Å². The van der Waals surface area contributed by atoms with Crippen molar-refractivity contribution in [2.24, 2.45) is 0 Å². The summed E-state index contributed by atoms with van der Waals surface area (Å²) in [6.45, 7) is 0.769. The van der Waals surface area contributed by atoms with Gasteiger partial charge in [0.25, 0.3) is 5.91 Å². The number of carbonyl (C=O) groups excluding carboxylic acids is 1. The summed E-state index contributed by atoms with van der Waals surface area (Å²) in [5.41, 5.74) is -1.76. The van der Waals surface area contributed by atoms with E-state index in [1.807, 2.05) is 0 Å². The van der Waals surface area contributed by atoms with Crippen molar-refractivity contribution in [3.63, 3.8) is 0 Å². The second-order valence-corrected chi connectivity index (χ2v) is 5.31. The summed E-state index contributed by atoms with van der Waals surface area (Å²) in [4.78, 5) is 22.7. The Hall–Kier alpha value is -1.80. The molecule has 8 heteroatoms. The van der Waals surface area contributed by atoms with Gasteiger partial charge in [0.2, 0.25) is 6.79 Å². The Bertz CT molecular complexity index is 571. The molecule has 1 aromatic carbocycles. The van der Waals surface area contributed by atoms with Crippen LogP contribution >= 0.6 is 15.9 Å². The minimum atomic E-state index is -2.02. The highest BCUT2D eigenvalue weighted by atomic mass is 79.9. The Morgan fingerprint density at radius 3 is 2.80 bits per heavy atom. The average molecular weight is 346 g/mol. The first-order valence-electron chi connectivity index (χ1n) is 5.64. The van der Waals surface area contributed by atoms with Gasteiger partial charge in [-0.15, -0.1) is 0 Å². The summed E-state index contributed by atoms with van der Waals surface area (Å²) in [7, 11) is 0. The predicted octanol–water partition coefficient (Wildman–Crippen LogP) is 0.743. The number of carboxylic acid groups (broad SMARTS) is 1. The summed E-state index contributed by atoms with van der Waals surface area (Å²) in [6, 6.07) is 3.01.